The minimum atomic E-state index is -0.572. The molecule has 0 aliphatic rings. The van der Waals surface area contributed by atoms with Crippen LogP contribution in [0, 0.1) is 5.41 Å². The van der Waals surface area contributed by atoms with Crippen molar-refractivity contribution in [1.29, 1.82) is 0 Å². The van der Waals surface area contributed by atoms with E-state index in [0.29, 0.717) is 23.7 Å². The van der Waals surface area contributed by atoms with Gasteiger partial charge in [-0.05, 0) is 27.2 Å². The van der Waals surface area contributed by atoms with Crippen molar-refractivity contribution in [2.24, 2.45) is 5.41 Å². The lowest BCUT2D eigenvalue weighted by atomic mass is 9.97. The van der Waals surface area contributed by atoms with Crippen molar-refractivity contribution < 1.29 is 23.9 Å². The Hall–Kier alpha value is -1.50. The van der Waals surface area contributed by atoms with E-state index < -0.39 is 11.4 Å². The Labute approximate surface area is 178 Å². The van der Waals surface area contributed by atoms with Crippen molar-refractivity contribution >= 4 is 29.6 Å². The highest BCUT2D eigenvalue weighted by Gasteiger charge is 2.29. The highest BCUT2D eigenvalue weighted by molar-refractivity contribution is 7.99. The summed E-state index contributed by atoms with van der Waals surface area (Å²) >= 11 is 1.52. The molecule has 0 rings (SSSR count). The van der Waals surface area contributed by atoms with Crippen LogP contribution in [0.4, 0.5) is 0 Å². The fraction of sp³-hybridized carbons (Fsp3) is 0.762. The summed E-state index contributed by atoms with van der Waals surface area (Å²) < 4.78 is 10.2. The number of thioether (sulfide) groups is 1. The molecule has 0 aromatic carbocycles. The molecule has 1 N–H and O–H groups in total. The maximum Gasteiger partial charge on any atom is 0.325 e. The van der Waals surface area contributed by atoms with Crippen LogP contribution in [0.15, 0.2) is 12.2 Å². The van der Waals surface area contributed by atoms with E-state index in [9.17, 15) is 14.4 Å². The van der Waals surface area contributed by atoms with Crippen LogP contribution in [0.5, 0.6) is 0 Å². The maximum atomic E-state index is 11.9. The monoisotopic (exact) mass is 423 g/mol. The Morgan fingerprint density at radius 2 is 1.61 bits per heavy atom. The van der Waals surface area contributed by atoms with Crippen LogP contribution < -0.4 is 5.32 Å². The Morgan fingerprint density at radius 3 is 2.11 bits per heavy atom. The number of esters is 2. The first-order valence-corrected chi connectivity index (χ1v) is 9.20. The van der Waals surface area contributed by atoms with Gasteiger partial charge in [-0.1, -0.05) is 49.6 Å². The number of hydrogen-bond acceptors (Lipinski definition) is 6. The zero-order valence-electron chi connectivity index (χ0n) is 15.1. The lowest BCUT2D eigenvalue weighted by molar-refractivity contribution is -0.152. The molecule has 0 atom stereocenters. The molecule has 0 heterocycles. The van der Waals surface area contributed by atoms with Gasteiger partial charge in [0.2, 0.25) is 5.91 Å². The molecule has 1 amide bonds. The third-order valence-corrected chi connectivity index (χ3v) is 4.40. The van der Waals surface area contributed by atoms with Crippen LogP contribution in [-0.4, -0.2) is 49.1 Å². The van der Waals surface area contributed by atoms with Crippen molar-refractivity contribution in [3.05, 3.63) is 12.2 Å². The van der Waals surface area contributed by atoms with Gasteiger partial charge in [0, 0.05) is 17.1 Å². The van der Waals surface area contributed by atoms with E-state index in [1.807, 2.05) is 20.8 Å². The van der Waals surface area contributed by atoms with Gasteiger partial charge in [-0.15, -0.1) is 0 Å². The van der Waals surface area contributed by atoms with Crippen LogP contribution in [0.1, 0.15) is 70.2 Å². The molecule has 0 aromatic rings. The Balaban J connectivity index is -0.000000441. The smallest absolute Gasteiger partial charge is 0.325 e. The molecule has 0 saturated carbocycles. The van der Waals surface area contributed by atoms with Gasteiger partial charge < -0.3 is 14.8 Å². The molecule has 170 valence electrons. The summed E-state index contributed by atoms with van der Waals surface area (Å²) in [5.41, 5.74) is -0.232. The fourth-order valence-corrected chi connectivity index (χ4v) is 2.43. The van der Waals surface area contributed by atoms with Crippen molar-refractivity contribution in [3.63, 3.8) is 0 Å². The van der Waals surface area contributed by atoms with Gasteiger partial charge in [0.05, 0.1) is 12.0 Å². The predicted molar refractivity (Wildman–Crippen MR) is 123 cm³/mol. The number of amides is 1. The minimum Gasteiger partial charge on any atom is -0.465 e. The molecule has 0 aliphatic carbocycles. The van der Waals surface area contributed by atoms with E-state index in [2.05, 4.69) is 11.9 Å². The van der Waals surface area contributed by atoms with Crippen LogP contribution in [0.25, 0.3) is 0 Å². The zero-order valence-corrected chi connectivity index (χ0v) is 15.9. The predicted octanol–water partition coefficient (Wildman–Crippen LogP) is 4.87. The van der Waals surface area contributed by atoms with E-state index in [-0.39, 0.29) is 54.7 Å². The first-order valence-electron chi connectivity index (χ1n) is 8.05. The second-order valence-electron chi connectivity index (χ2n) is 6.11. The van der Waals surface area contributed by atoms with Gasteiger partial charge in [-0.2, -0.15) is 11.8 Å². The molecule has 0 unspecified atom stereocenters. The topological polar surface area (TPSA) is 81.7 Å². The molecule has 0 fully saturated rings. The minimum absolute atomic E-state index is 0. The number of rotatable bonds is 12. The number of hydrogen-bond donors (Lipinski definition) is 1. The highest BCUT2D eigenvalue weighted by atomic mass is 32.2. The van der Waals surface area contributed by atoms with Crippen molar-refractivity contribution in [1.82, 2.24) is 5.32 Å². The largest absolute Gasteiger partial charge is 0.465 e. The van der Waals surface area contributed by atoms with Crippen molar-refractivity contribution in [2.75, 3.05) is 31.3 Å². The zero-order chi connectivity index (χ0) is 18.6. The second kappa shape index (κ2) is 20.2. The van der Waals surface area contributed by atoms with Crippen LogP contribution in [0.3, 0.4) is 0 Å². The van der Waals surface area contributed by atoms with E-state index in [4.69, 9.17) is 9.47 Å². The van der Waals surface area contributed by atoms with Gasteiger partial charge in [-0.25, -0.2) is 0 Å². The lowest BCUT2D eigenvalue weighted by Crippen LogP contribution is -2.31. The third kappa shape index (κ3) is 17.9. The summed E-state index contributed by atoms with van der Waals surface area (Å²) in [4.78, 5) is 34.6. The number of nitrogens with one attached hydrogen (secondary N) is 1. The van der Waals surface area contributed by atoms with E-state index in [1.165, 1.54) is 11.8 Å². The molecule has 7 heteroatoms. The van der Waals surface area contributed by atoms with Crippen molar-refractivity contribution in [3.8, 4) is 0 Å². The number of unbranched alkanes of at least 4 members (excludes halogenated alkanes) is 1. The van der Waals surface area contributed by atoms with Gasteiger partial charge in [0.15, 0.2) is 0 Å². The molecule has 0 aromatic heterocycles. The summed E-state index contributed by atoms with van der Waals surface area (Å²) in [5, 5.41) is 2.41. The quantitative estimate of drug-likeness (QED) is 0.274. The Morgan fingerprint density at radius 1 is 1.04 bits per heavy atom. The number of ether oxygens (including phenoxy) is 2. The van der Waals surface area contributed by atoms with Gasteiger partial charge >= 0.3 is 11.9 Å². The molecule has 6 nitrogen and oxygen atoms in total. The summed E-state index contributed by atoms with van der Waals surface area (Å²) in [6.07, 6.45) is 1.85. The van der Waals surface area contributed by atoms with E-state index in [0.717, 1.165) is 12.8 Å². The average Bonchev–Trinajstić information content (AvgIpc) is 2.52. The molecule has 0 radical (unpaired) electrons. The summed E-state index contributed by atoms with van der Waals surface area (Å²) in [7, 11) is 0. The first kappa shape index (κ1) is 37.3. The molecule has 28 heavy (non-hydrogen) atoms. The molecule has 0 aliphatic heterocycles. The third-order valence-electron chi connectivity index (χ3n) is 3.02. The van der Waals surface area contributed by atoms with Crippen LogP contribution >= 0.6 is 11.8 Å². The maximum absolute atomic E-state index is 11.9. The highest BCUT2D eigenvalue weighted by Crippen LogP contribution is 2.23. The fourth-order valence-electron chi connectivity index (χ4n) is 1.46. The number of carbonyl (C=O) groups excluding carboxylic acids is 3. The van der Waals surface area contributed by atoms with Gasteiger partial charge in [0.25, 0.3) is 0 Å². The Kier molecular flexibility index (Phi) is 26.9. The lowest BCUT2D eigenvalue weighted by Gasteiger charge is -2.22. The number of carbonyl (C=O) groups is 3. The first-order chi connectivity index (χ1) is 11.2. The average molecular weight is 424 g/mol. The molecule has 0 saturated heterocycles. The summed E-state index contributed by atoms with van der Waals surface area (Å²) in [5.74, 6) is 0.0874. The molecule has 0 bridgehead atoms. The van der Waals surface area contributed by atoms with Gasteiger partial charge in [0.1, 0.15) is 13.2 Å². The van der Waals surface area contributed by atoms with Crippen LogP contribution in [0.2, 0.25) is 0 Å². The Bertz CT molecular complexity index is 450. The van der Waals surface area contributed by atoms with E-state index in [1.54, 1.807) is 6.92 Å². The second-order valence-corrected chi connectivity index (χ2v) is 7.21. The van der Waals surface area contributed by atoms with Crippen molar-refractivity contribution in [2.45, 2.75) is 70.2 Å². The molecular formula is C21H45NO5S. The molecular weight excluding hydrogens is 378 g/mol. The standard InChI is InChI=1S/C17H29NO5S.4CH4/c1-6-7-8-23-16(21)17(4,5)12-24-10-9-22-14(19)11-18-15(20)13(2)3;;;;/h2,6-12H2,1,3-5H3,(H,18,20);4*1H4. The molecule has 0 spiro atoms. The summed E-state index contributed by atoms with van der Waals surface area (Å²) in [6, 6.07) is 0. The van der Waals surface area contributed by atoms with E-state index >= 15 is 0 Å². The SMILES string of the molecule is C.C.C.C.C=C(C)C(=O)NCC(=O)OCCSCC(C)(C)C(=O)OCCCC. The van der Waals surface area contributed by atoms with Gasteiger partial charge in [-0.3, -0.25) is 14.4 Å². The normalized spacial score (nSPS) is 9.29. The summed E-state index contributed by atoms with van der Waals surface area (Å²) in [6.45, 7) is 11.3. The van der Waals surface area contributed by atoms with Crippen LogP contribution in [-0.2, 0) is 23.9 Å².